The van der Waals surface area contributed by atoms with E-state index in [0.717, 1.165) is 5.56 Å². The van der Waals surface area contributed by atoms with E-state index in [4.69, 9.17) is 15.6 Å². The maximum Gasteiger partial charge on any atom is 0.306 e. The van der Waals surface area contributed by atoms with Gasteiger partial charge in [-0.05, 0) is 18.1 Å². The van der Waals surface area contributed by atoms with Gasteiger partial charge in [0.15, 0.2) is 0 Å². The molecule has 1 aromatic rings. The number of rotatable bonds is 8. The molecule has 0 radical (unpaired) electrons. The summed E-state index contributed by atoms with van der Waals surface area (Å²) in [6, 6.07) is 7.39. The number of carboxylic acids is 1. The Kier molecular flexibility index (Phi) is 6.52. The molecule has 6 heteroatoms. The first kappa shape index (κ1) is 16.0. The minimum absolute atomic E-state index is 0.136. The zero-order valence-electron chi connectivity index (χ0n) is 11.5. The molecule has 110 valence electrons. The Morgan fingerprint density at radius 3 is 2.70 bits per heavy atom. The fourth-order valence-electron chi connectivity index (χ4n) is 1.76. The van der Waals surface area contributed by atoms with Crippen molar-refractivity contribution < 1.29 is 19.4 Å². The third-order valence-electron chi connectivity index (χ3n) is 2.94. The third-order valence-corrected chi connectivity index (χ3v) is 2.94. The zero-order valence-corrected chi connectivity index (χ0v) is 11.5. The molecule has 0 aliphatic rings. The molecule has 1 aromatic carbocycles. The molecule has 0 fully saturated rings. The Balaban J connectivity index is 2.33. The van der Waals surface area contributed by atoms with Crippen LogP contribution in [-0.4, -0.2) is 36.7 Å². The number of methoxy groups -OCH3 is 1. The van der Waals surface area contributed by atoms with Crippen LogP contribution in [0.25, 0.3) is 0 Å². The monoisotopic (exact) mass is 280 g/mol. The number of hydrogen-bond donors (Lipinski definition) is 3. The molecule has 0 saturated heterocycles. The number of carbonyl (C=O) groups is 2. The molecule has 0 aliphatic heterocycles. The Labute approximate surface area is 117 Å². The molecule has 0 bridgehead atoms. The van der Waals surface area contributed by atoms with Crippen molar-refractivity contribution in [2.45, 2.75) is 25.4 Å². The molecule has 1 atom stereocenters. The number of anilines is 1. The second kappa shape index (κ2) is 8.16. The van der Waals surface area contributed by atoms with E-state index < -0.39 is 12.1 Å². The van der Waals surface area contributed by atoms with Crippen LogP contribution in [0.3, 0.4) is 0 Å². The molecule has 1 unspecified atom stereocenters. The Morgan fingerprint density at radius 2 is 2.10 bits per heavy atom. The van der Waals surface area contributed by atoms with Crippen LogP contribution in [0, 0.1) is 0 Å². The number of amides is 1. The lowest BCUT2D eigenvalue weighted by molar-refractivity contribution is -0.140. The molecule has 1 amide bonds. The normalized spacial score (nSPS) is 11.8. The standard InChI is InChI=1S/C14H20N2O4/c1-20-11(8-14(18)19)9-16-13(17)7-6-10-4-2-3-5-12(10)15/h2-5,11H,6-9,15H2,1H3,(H,16,17)(H,18,19). The number of benzene rings is 1. The maximum atomic E-state index is 11.7. The van der Waals surface area contributed by atoms with Gasteiger partial charge in [0.05, 0.1) is 12.5 Å². The number of aryl methyl sites for hydroxylation is 1. The van der Waals surface area contributed by atoms with E-state index in [2.05, 4.69) is 5.32 Å². The number of nitrogen functional groups attached to an aromatic ring is 1. The van der Waals surface area contributed by atoms with Crippen molar-refractivity contribution in [1.82, 2.24) is 5.32 Å². The number of ether oxygens (including phenoxy) is 1. The van der Waals surface area contributed by atoms with Gasteiger partial charge in [-0.2, -0.15) is 0 Å². The summed E-state index contributed by atoms with van der Waals surface area (Å²) < 4.78 is 4.98. The van der Waals surface area contributed by atoms with Gasteiger partial charge in [-0.25, -0.2) is 0 Å². The van der Waals surface area contributed by atoms with Gasteiger partial charge in [0, 0.05) is 25.8 Å². The van der Waals surface area contributed by atoms with E-state index in [1.54, 1.807) is 6.07 Å². The van der Waals surface area contributed by atoms with E-state index in [1.807, 2.05) is 18.2 Å². The molecule has 0 saturated carbocycles. The molecule has 1 rings (SSSR count). The molecular weight excluding hydrogens is 260 g/mol. The number of nitrogens with one attached hydrogen (secondary N) is 1. The maximum absolute atomic E-state index is 11.7. The summed E-state index contributed by atoms with van der Waals surface area (Å²) in [5.41, 5.74) is 7.38. The van der Waals surface area contributed by atoms with Crippen LogP contribution in [0.5, 0.6) is 0 Å². The molecule has 4 N–H and O–H groups in total. The Bertz CT molecular complexity index is 462. The van der Waals surface area contributed by atoms with Crippen LogP contribution in [0.4, 0.5) is 5.69 Å². The van der Waals surface area contributed by atoms with Crippen molar-refractivity contribution in [1.29, 1.82) is 0 Å². The van der Waals surface area contributed by atoms with Crippen LogP contribution >= 0.6 is 0 Å². The van der Waals surface area contributed by atoms with Gasteiger partial charge in [-0.3, -0.25) is 9.59 Å². The van der Waals surface area contributed by atoms with Crippen molar-refractivity contribution in [2.24, 2.45) is 0 Å². The summed E-state index contributed by atoms with van der Waals surface area (Å²) in [6.07, 6.45) is 0.202. The summed E-state index contributed by atoms with van der Waals surface area (Å²) >= 11 is 0. The van der Waals surface area contributed by atoms with Gasteiger partial charge < -0.3 is 20.9 Å². The predicted octanol–water partition coefficient (Wildman–Crippen LogP) is 0.807. The fraction of sp³-hybridized carbons (Fsp3) is 0.429. The van der Waals surface area contributed by atoms with Gasteiger partial charge in [0.1, 0.15) is 0 Å². The number of aliphatic carboxylic acids is 1. The highest BCUT2D eigenvalue weighted by Crippen LogP contribution is 2.12. The molecular formula is C14H20N2O4. The SMILES string of the molecule is COC(CNC(=O)CCc1ccccc1N)CC(=O)O. The van der Waals surface area contributed by atoms with E-state index >= 15 is 0 Å². The largest absolute Gasteiger partial charge is 0.481 e. The van der Waals surface area contributed by atoms with E-state index in [9.17, 15) is 9.59 Å². The minimum Gasteiger partial charge on any atom is -0.481 e. The lowest BCUT2D eigenvalue weighted by Gasteiger charge is -2.14. The number of nitrogens with two attached hydrogens (primary N) is 1. The highest BCUT2D eigenvalue weighted by atomic mass is 16.5. The van der Waals surface area contributed by atoms with Crippen molar-refractivity contribution in [3.05, 3.63) is 29.8 Å². The highest BCUT2D eigenvalue weighted by molar-refractivity contribution is 5.76. The van der Waals surface area contributed by atoms with Gasteiger partial charge in [0.2, 0.25) is 5.91 Å². The highest BCUT2D eigenvalue weighted by Gasteiger charge is 2.13. The first-order valence-corrected chi connectivity index (χ1v) is 6.37. The molecule has 20 heavy (non-hydrogen) atoms. The topological polar surface area (TPSA) is 102 Å². The second-order valence-electron chi connectivity index (χ2n) is 4.46. The quantitative estimate of drug-likeness (QED) is 0.612. The lowest BCUT2D eigenvalue weighted by Crippen LogP contribution is -2.34. The van der Waals surface area contributed by atoms with Crippen molar-refractivity contribution >= 4 is 17.6 Å². The first-order valence-electron chi connectivity index (χ1n) is 6.37. The van der Waals surface area contributed by atoms with Crippen LogP contribution < -0.4 is 11.1 Å². The molecule has 0 heterocycles. The minimum atomic E-state index is -0.955. The third kappa shape index (κ3) is 5.71. The smallest absolute Gasteiger partial charge is 0.306 e. The Hall–Kier alpha value is -2.08. The lowest BCUT2D eigenvalue weighted by atomic mass is 10.1. The first-order chi connectivity index (χ1) is 9.52. The molecule has 0 aliphatic carbocycles. The number of carboxylic acid groups (broad SMARTS) is 1. The summed E-state index contributed by atoms with van der Waals surface area (Å²) in [5, 5.41) is 11.3. The van der Waals surface area contributed by atoms with Crippen LogP contribution in [-0.2, 0) is 20.7 Å². The van der Waals surface area contributed by atoms with Gasteiger partial charge in [0.25, 0.3) is 0 Å². The van der Waals surface area contributed by atoms with Crippen molar-refractivity contribution in [3.63, 3.8) is 0 Å². The van der Waals surface area contributed by atoms with Crippen molar-refractivity contribution in [2.75, 3.05) is 19.4 Å². The average Bonchev–Trinajstić information content (AvgIpc) is 2.42. The van der Waals surface area contributed by atoms with E-state index in [1.165, 1.54) is 7.11 Å². The second-order valence-corrected chi connectivity index (χ2v) is 4.46. The number of para-hydroxylation sites is 1. The summed E-state index contributed by atoms with van der Waals surface area (Å²) in [7, 11) is 1.42. The van der Waals surface area contributed by atoms with Crippen LogP contribution in [0.2, 0.25) is 0 Å². The van der Waals surface area contributed by atoms with Gasteiger partial charge >= 0.3 is 5.97 Å². The molecule has 0 aromatic heterocycles. The van der Waals surface area contributed by atoms with E-state index in [-0.39, 0.29) is 18.9 Å². The number of carbonyl (C=O) groups excluding carboxylic acids is 1. The molecule has 0 spiro atoms. The van der Waals surface area contributed by atoms with E-state index in [0.29, 0.717) is 18.5 Å². The van der Waals surface area contributed by atoms with Gasteiger partial charge in [-0.1, -0.05) is 18.2 Å². The predicted molar refractivity (Wildman–Crippen MR) is 75.2 cm³/mol. The van der Waals surface area contributed by atoms with Crippen LogP contribution in [0.1, 0.15) is 18.4 Å². The van der Waals surface area contributed by atoms with Gasteiger partial charge in [-0.15, -0.1) is 0 Å². The Morgan fingerprint density at radius 1 is 1.40 bits per heavy atom. The summed E-state index contributed by atoms with van der Waals surface area (Å²) in [4.78, 5) is 22.2. The van der Waals surface area contributed by atoms with Crippen molar-refractivity contribution in [3.8, 4) is 0 Å². The number of hydrogen-bond acceptors (Lipinski definition) is 4. The summed E-state index contributed by atoms with van der Waals surface area (Å²) in [6.45, 7) is 0.186. The zero-order chi connectivity index (χ0) is 15.0. The summed E-state index contributed by atoms with van der Waals surface area (Å²) in [5.74, 6) is -1.11. The molecule has 6 nitrogen and oxygen atoms in total. The fourth-order valence-corrected chi connectivity index (χ4v) is 1.76. The van der Waals surface area contributed by atoms with Crippen LogP contribution in [0.15, 0.2) is 24.3 Å². The average molecular weight is 280 g/mol.